The Bertz CT molecular complexity index is 422. The van der Waals surface area contributed by atoms with Crippen LogP contribution in [0.1, 0.15) is 26.7 Å². The van der Waals surface area contributed by atoms with Crippen LogP contribution in [-0.4, -0.2) is 90.2 Å². The lowest BCUT2D eigenvalue weighted by Crippen LogP contribution is -2.32. The summed E-state index contributed by atoms with van der Waals surface area (Å²) in [6.45, 7) is 7.75. The summed E-state index contributed by atoms with van der Waals surface area (Å²) in [6.07, 6.45) is 1.46. The highest BCUT2D eigenvalue weighted by molar-refractivity contribution is 5.79. The van der Waals surface area contributed by atoms with Crippen LogP contribution in [0.15, 0.2) is 0 Å². The summed E-state index contributed by atoms with van der Waals surface area (Å²) in [5.74, 6) is -0.530. The van der Waals surface area contributed by atoms with Crippen LogP contribution < -0.4 is 16.0 Å². The first-order valence-electron chi connectivity index (χ1n) is 9.65. The van der Waals surface area contributed by atoms with Gasteiger partial charge in [-0.2, -0.15) is 0 Å². The highest BCUT2D eigenvalue weighted by Crippen LogP contribution is 1.86. The van der Waals surface area contributed by atoms with E-state index in [2.05, 4.69) is 16.0 Å². The SMILES string of the molecule is CCNC(=O)COCC(=O)NCCCOCCOCCOCCCNC(C)=O. The van der Waals surface area contributed by atoms with Gasteiger partial charge in [-0.1, -0.05) is 0 Å². The van der Waals surface area contributed by atoms with Crippen molar-refractivity contribution in [2.45, 2.75) is 26.7 Å². The van der Waals surface area contributed by atoms with Gasteiger partial charge in [0.15, 0.2) is 0 Å². The summed E-state index contributed by atoms with van der Waals surface area (Å²) in [5, 5.41) is 7.96. The molecular formula is C18H35N3O7. The van der Waals surface area contributed by atoms with E-state index in [0.29, 0.717) is 65.7 Å². The summed E-state index contributed by atoms with van der Waals surface area (Å²) >= 11 is 0. The molecule has 0 spiro atoms. The molecule has 3 amide bonds. The smallest absolute Gasteiger partial charge is 0.246 e. The number of ether oxygens (including phenoxy) is 4. The lowest BCUT2D eigenvalue weighted by molar-refractivity contribution is -0.131. The second-order valence-corrected chi connectivity index (χ2v) is 5.82. The molecule has 28 heavy (non-hydrogen) atoms. The molecule has 0 unspecified atom stereocenters. The Kier molecular flexibility index (Phi) is 18.7. The molecule has 10 heteroatoms. The number of hydrogen-bond acceptors (Lipinski definition) is 7. The number of nitrogens with one attached hydrogen (secondary N) is 3. The lowest BCUT2D eigenvalue weighted by Gasteiger charge is -2.08. The molecule has 0 atom stereocenters. The molecule has 0 rings (SSSR count). The molecule has 0 saturated heterocycles. The van der Waals surface area contributed by atoms with Crippen LogP contribution in [-0.2, 0) is 33.3 Å². The third-order valence-electron chi connectivity index (χ3n) is 3.21. The van der Waals surface area contributed by atoms with E-state index < -0.39 is 0 Å². The third-order valence-corrected chi connectivity index (χ3v) is 3.21. The monoisotopic (exact) mass is 405 g/mol. The fourth-order valence-electron chi connectivity index (χ4n) is 1.92. The topological polar surface area (TPSA) is 124 Å². The van der Waals surface area contributed by atoms with Crippen LogP contribution in [0.25, 0.3) is 0 Å². The van der Waals surface area contributed by atoms with Gasteiger partial charge in [-0.25, -0.2) is 0 Å². The average Bonchev–Trinajstić information content (AvgIpc) is 2.64. The molecule has 0 fully saturated rings. The van der Waals surface area contributed by atoms with E-state index in [9.17, 15) is 14.4 Å². The first-order valence-corrected chi connectivity index (χ1v) is 9.65. The summed E-state index contributed by atoms with van der Waals surface area (Å²) in [6, 6.07) is 0. The molecule has 10 nitrogen and oxygen atoms in total. The Balaban J connectivity index is 3.20. The van der Waals surface area contributed by atoms with Gasteiger partial charge in [0, 0.05) is 39.8 Å². The maximum atomic E-state index is 11.5. The van der Waals surface area contributed by atoms with Gasteiger partial charge in [0.05, 0.1) is 26.4 Å². The van der Waals surface area contributed by atoms with Gasteiger partial charge in [0.2, 0.25) is 17.7 Å². The number of carbonyl (C=O) groups excluding carboxylic acids is 3. The minimum absolute atomic E-state index is 0.0343. The van der Waals surface area contributed by atoms with Crippen molar-refractivity contribution in [3.05, 3.63) is 0 Å². The van der Waals surface area contributed by atoms with Gasteiger partial charge in [-0.3, -0.25) is 14.4 Å². The van der Waals surface area contributed by atoms with Gasteiger partial charge in [-0.15, -0.1) is 0 Å². The number of carbonyl (C=O) groups is 3. The lowest BCUT2D eigenvalue weighted by atomic mass is 10.4. The van der Waals surface area contributed by atoms with Crippen molar-refractivity contribution < 1.29 is 33.3 Å². The van der Waals surface area contributed by atoms with Crippen molar-refractivity contribution in [2.24, 2.45) is 0 Å². The van der Waals surface area contributed by atoms with Crippen LogP contribution in [0.5, 0.6) is 0 Å². The first-order chi connectivity index (χ1) is 13.6. The van der Waals surface area contributed by atoms with Crippen LogP contribution in [0, 0.1) is 0 Å². The molecule has 0 bridgehead atoms. The number of hydrogen-bond donors (Lipinski definition) is 3. The van der Waals surface area contributed by atoms with Crippen LogP contribution in [0.4, 0.5) is 0 Å². The molecule has 164 valence electrons. The zero-order valence-electron chi connectivity index (χ0n) is 17.1. The van der Waals surface area contributed by atoms with Crippen molar-refractivity contribution in [2.75, 3.05) is 72.5 Å². The maximum Gasteiger partial charge on any atom is 0.246 e. The second kappa shape index (κ2) is 20.0. The zero-order valence-corrected chi connectivity index (χ0v) is 17.1. The Labute approximate surface area is 167 Å². The van der Waals surface area contributed by atoms with Gasteiger partial charge in [0.1, 0.15) is 13.2 Å². The van der Waals surface area contributed by atoms with Gasteiger partial charge < -0.3 is 34.9 Å². The normalized spacial score (nSPS) is 10.5. The molecule has 0 aliphatic heterocycles. The fraction of sp³-hybridized carbons (Fsp3) is 0.833. The van der Waals surface area contributed by atoms with E-state index in [1.165, 1.54) is 6.92 Å². The van der Waals surface area contributed by atoms with Gasteiger partial charge in [0.25, 0.3) is 0 Å². The van der Waals surface area contributed by atoms with Crippen molar-refractivity contribution >= 4 is 17.7 Å². The zero-order chi connectivity index (χ0) is 20.9. The molecule has 0 heterocycles. The first kappa shape index (κ1) is 26.2. The molecule has 0 aromatic rings. The molecule has 0 radical (unpaired) electrons. The number of amides is 3. The Morgan fingerprint density at radius 1 is 0.643 bits per heavy atom. The minimum atomic E-state index is -0.260. The van der Waals surface area contributed by atoms with E-state index in [-0.39, 0.29) is 30.9 Å². The molecule has 0 aliphatic rings. The second-order valence-electron chi connectivity index (χ2n) is 5.82. The minimum Gasteiger partial charge on any atom is -0.379 e. The van der Waals surface area contributed by atoms with E-state index in [1.807, 2.05) is 6.92 Å². The predicted molar refractivity (Wildman–Crippen MR) is 103 cm³/mol. The van der Waals surface area contributed by atoms with E-state index >= 15 is 0 Å². The molecule has 3 N–H and O–H groups in total. The predicted octanol–water partition coefficient (Wildman–Crippen LogP) is -0.779. The van der Waals surface area contributed by atoms with Gasteiger partial charge in [-0.05, 0) is 19.8 Å². The Morgan fingerprint density at radius 3 is 1.61 bits per heavy atom. The molecule has 0 saturated carbocycles. The standard InChI is InChI=1S/C18H35N3O7/c1-3-19-17(23)14-28-15-18(24)21-7-5-9-26-11-13-27-12-10-25-8-4-6-20-16(2)22/h3-15H2,1-2H3,(H,19,23)(H,20,22)(H,21,24). The maximum absolute atomic E-state index is 11.5. The van der Waals surface area contributed by atoms with E-state index in [4.69, 9.17) is 18.9 Å². The molecule has 0 aromatic heterocycles. The summed E-state index contributed by atoms with van der Waals surface area (Å²) in [7, 11) is 0. The Hall–Kier alpha value is -1.75. The average molecular weight is 405 g/mol. The highest BCUT2D eigenvalue weighted by Gasteiger charge is 2.03. The van der Waals surface area contributed by atoms with E-state index in [1.54, 1.807) is 0 Å². The number of likely N-dealkylation sites (N-methyl/N-ethyl adjacent to an activating group) is 1. The van der Waals surface area contributed by atoms with Crippen LogP contribution >= 0.6 is 0 Å². The summed E-state index contributed by atoms with van der Waals surface area (Å²) in [5.41, 5.74) is 0. The summed E-state index contributed by atoms with van der Waals surface area (Å²) in [4.78, 5) is 33.2. The van der Waals surface area contributed by atoms with Crippen molar-refractivity contribution in [1.82, 2.24) is 16.0 Å². The fourth-order valence-corrected chi connectivity index (χ4v) is 1.92. The Morgan fingerprint density at radius 2 is 1.11 bits per heavy atom. The van der Waals surface area contributed by atoms with Crippen molar-refractivity contribution in [3.8, 4) is 0 Å². The number of rotatable bonds is 19. The molecular weight excluding hydrogens is 370 g/mol. The van der Waals surface area contributed by atoms with Crippen LogP contribution in [0.2, 0.25) is 0 Å². The molecule has 0 aliphatic carbocycles. The van der Waals surface area contributed by atoms with Gasteiger partial charge >= 0.3 is 0 Å². The van der Waals surface area contributed by atoms with E-state index in [0.717, 1.165) is 6.42 Å². The van der Waals surface area contributed by atoms with Crippen LogP contribution in [0.3, 0.4) is 0 Å². The van der Waals surface area contributed by atoms with Crippen molar-refractivity contribution in [1.29, 1.82) is 0 Å². The van der Waals surface area contributed by atoms with Crippen molar-refractivity contribution in [3.63, 3.8) is 0 Å². The quantitative estimate of drug-likeness (QED) is 0.241. The third kappa shape index (κ3) is 20.6. The summed E-state index contributed by atoms with van der Waals surface area (Å²) < 4.78 is 21.1. The highest BCUT2D eigenvalue weighted by atomic mass is 16.5. The largest absolute Gasteiger partial charge is 0.379 e. The molecule has 0 aromatic carbocycles.